The molecule has 0 spiro atoms. The van der Waals surface area contributed by atoms with Crippen LogP contribution in [0.5, 0.6) is 0 Å². The topological polar surface area (TPSA) is 49.4 Å². The van der Waals surface area contributed by atoms with E-state index in [9.17, 15) is 9.59 Å². The number of benzene rings is 1. The van der Waals surface area contributed by atoms with Crippen molar-refractivity contribution in [2.75, 3.05) is 6.54 Å². The largest absolute Gasteiger partial charge is 0.324 e. The Kier molecular flexibility index (Phi) is 3.01. The summed E-state index contributed by atoms with van der Waals surface area (Å²) >= 11 is 0. The molecule has 19 heavy (non-hydrogen) atoms. The third-order valence-electron chi connectivity index (χ3n) is 4.14. The minimum absolute atomic E-state index is 0.0257. The van der Waals surface area contributed by atoms with Gasteiger partial charge in [-0.1, -0.05) is 29.8 Å². The first-order chi connectivity index (χ1) is 9.16. The highest BCUT2D eigenvalue weighted by atomic mass is 16.2. The third-order valence-corrected chi connectivity index (χ3v) is 4.14. The van der Waals surface area contributed by atoms with Gasteiger partial charge >= 0.3 is 6.03 Å². The van der Waals surface area contributed by atoms with E-state index in [0.717, 1.165) is 31.4 Å². The summed E-state index contributed by atoms with van der Waals surface area (Å²) in [5.41, 5.74) is 2.18. The van der Waals surface area contributed by atoms with E-state index in [0.29, 0.717) is 0 Å². The molecule has 1 aromatic rings. The van der Waals surface area contributed by atoms with Crippen LogP contribution in [0.3, 0.4) is 0 Å². The van der Waals surface area contributed by atoms with Crippen molar-refractivity contribution in [2.45, 2.75) is 38.1 Å². The summed E-state index contributed by atoms with van der Waals surface area (Å²) < 4.78 is 0. The zero-order chi connectivity index (χ0) is 13.4. The van der Waals surface area contributed by atoms with Crippen LogP contribution in [0.25, 0.3) is 0 Å². The standard InChI is InChI=1S/C15H18N2O2/c1-10-5-7-11(8-6-10)13-12-4-2-3-9-17(12)15(19)16-14(13)18/h5-8,12-13H,2-4,9H2,1H3,(H,16,18,19)/t12-,13-/m1/s1. The number of aryl methyl sites for hydroxylation is 1. The minimum atomic E-state index is -0.224. The van der Waals surface area contributed by atoms with Crippen molar-refractivity contribution in [2.24, 2.45) is 0 Å². The summed E-state index contributed by atoms with van der Waals surface area (Å²) in [4.78, 5) is 25.9. The number of rotatable bonds is 1. The van der Waals surface area contributed by atoms with Gasteiger partial charge in [0.25, 0.3) is 0 Å². The molecule has 0 aliphatic carbocycles. The first-order valence-electron chi connectivity index (χ1n) is 6.85. The van der Waals surface area contributed by atoms with Crippen molar-refractivity contribution in [1.82, 2.24) is 10.2 Å². The monoisotopic (exact) mass is 258 g/mol. The van der Waals surface area contributed by atoms with E-state index in [2.05, 4.69) is 5.32 Å². The number of hydrogen-bond acceptors (Lipinski definition) is 2. The van der Waals surface area contributed by atoms with E-state index in [1.54, 1.807) is 0 Å². The number of piperidine rings is 1. The maximum atomic E-state index is 12.2. The van der Waals surface area contributed by atoms with Gasteiger partial charge in [-0.05, 0) is 31.7 Å². The van der Waals surface area contributed by atoms with Gasteiger partial charge in [0.05, 0.1) is 5.92 Å². The van der Waals surface area contributed by atoms with Crippen LogP contribution in [0, 0.1) is 6.92 Å². The number of nitrogens with one attached hydrogen (secondary N) is 1. The van der Waals surface area contributed by atoms with Crippen molar-refractivity contribution in [3.63, 3.8) is 0 Å². The molecular weight excluding hydrogens is 240 g/mol. The van der Waals surface area contributed by atoms with Gasteiger partial charge in [-0.2, -0.15) is 0 Å². The van der Waals surface area contributed by atoms with Crippen LogP contribution in [-0.4, -0.2) is 29.4 Å². The first-order valence-corrected chi connectivity index (χ1v) is 6.85. The van der Waals surface area contributed by atoms with Crippen molar-refractivity contribution >= 4 is 11.9 Å². The number of urea groups is 1. The SMILES string of the molecule is Cc1ccc([C@H]2C(=O)NC(=O)N3CCCC[C@H]23)cc1. The van der Waals surface area contributed by atoms with Gasteiger partial charge in [0.1, 0.15) is 0 Å². The Hall–Kier alpha value is -1.84. The molecule has 100 valence electrons. The molecule has 4 nitrogen and oxygen atoms in total. The first kappa shape index (κ1) is 12.2. The quantitative estimate of drug-likeness (QED) is 0.839. The molecule has 2 saturated heterocycles. The minimum Gasteiger partial charge on any atom is -0.320 e. The van der Waals surface area contributed by atoms with E-state index >= 15 is 0 Å². The third kappa shape index (κ3) is 2.11. The summed E-state index contributed by atoms with van der Waals surface area (Å²) in [6.07, 6.45) is 3.03. The molecule has 3 rings (SSSR count). The predicted molar refractivity (Wildman–Crippen MR) is 71.8 cm³/mol. The molecule has 3 amide bonds. The van der Waals surface area contributed by atoms with Crippen LogP contribution >= 0.6 is 0 Å². The van der Waals surface area contributed by atoms with Gasteiger partial charge in [-0.15, -0.1) is 0 Å². The fourth-order valence-corrected chi connectivity index (χ4v) is 3.13. The Morgan fingerprint density at radius 2 is 1.89 bits per heavy atom. The van der Waals surface area contributed by atoms with Crippen LogP contribution < -0.4 is 5.32 Å². The van der Waals surface area contributed by atoms with Crippen LogP contribution in [0.2, 0.25) is 0 Å². The summed E-state index contributed by atoms with van der Waals surface area (Å²) in [5.74, 6) is -0.379. The van der Waals surface area contributed by atoms with Crippen LogP contribution in [0.4, 0.5) is 4.79 Å². The lowest BCUT2D eigenvalue weighted by molar-refractivity contribution is -0.125. The second-order valence-corrected chi connectivity index (χ2v) is 5.44. The molecule has 4 heteroatoms. The molecule has 1 aromatic carbocycles. The van der Waals surface area contributed by atoms with Crippen LogP contribution in [-0.2, 0) is 4.79 Å². The maximum Gasteiger partial charge on any atom is 0.324 e. The molecule has 2 fully saturated rings. The summed E-state index contributed by atoms with van der Waals surface area (Å²) in [7, 11) is 0. The number of carbonyl (C=O) groups is 2. The number of hydrogen-bond donors (Lipinski definition) is 1. The molecule has 2 atom stereocenters. The Bertz CT molecular complexity index is 509. The highest BCUT2D eigenvalue weighted by Gasteiger charge is 2.42. The lowest BCUT2D eigenvalue weighted by atomic mass is 9.83. The Labute approximate surface area is 112 Å². The maximum absolute atomic E-state index is 12.2. The van der Waals surface area contributed by atoms with Gasteiger partial charge in [-0.3, -0.25) is 10.1 Å². The molecule has 2 aliphatic heterocycles. The number of carbonyl (C=O) groups excluding carboxylic acids is 2. The van der Waals surface area contributed by atoms with Crippen molar-refractivity contribution in [3.8, 4) is 0 Å². The second kappa shape index (κ2) is 4.68. The van der Waals surface area contributed by atoms with E-state index in [-0.39, 0.29) is 23.9 Å². The van der Waals surface area contributed by atoms with Crippen LogP contribution in [0.1, 0.15) is 36.3 Å². The number of nitrogens with zero attached hydrogens (tertiary/aromatic N) is 1. The normalized spacial score (nSPS) is 26.9. The summed E-state index contributed by atoms with van der Waals surface area (Å²) in [5, 5.41) is 2.49. The highest BCUT2D eigenvalue weighted by molar-refractivity contribution is 6.01. The molecule has 0 saturated carbocycles. The van der Waals surface area contributed by atoms with Gasteiger partial charge in [0, 0.05) is 12.6 Å². The molecule has 0 unspecified atom stereocenters. The molecule has 2 heterocycles. The Morgan fingerprint density at radius 1 is 1.16 bits per heavy atom. The van der Waals surface area contributed by atoms with Crippen LogP contribution in [0.15, 0.2) is 24.3 Å². The lowest BCUT2D eigenvalue weighted by Gasteiger charge is -2.43. The van der Waals surface area contributed by atoms with Crippen molar-refractivity contribution < 1.29 is 9.59 Å². The van der Waals surface area contributed by atoms with Gasteiger partial charge in [0.15, 0.2) is 0 Å². The van der Waals surface area contributed by atoms with E-state index in [1.165, 1.54) is 5.56 Å². The molecule has 0 bridgehead atoms. The van der Waals surface area contributed by atoms with E-state index in [1.807, 2.05) is 36.1 Å². The predicted octanol–water partition coefficient (Wildman–Crippen LogP) is 2.18. The zero-order valence-electron chi connectivity index (χ0n) is 11.1. The average Bonchev–Trinajstić information content (AvgIpc) is 2.41. The fourth-order valence-electron chi connectivity index (χ4n) is 3.13. The zero-order valence-corrected chi connectivity index (χ0v) is 11.1. The molecule has 1 N–H and O–H groups in total. The number of fused-ring (bicyclic) bond motifs is 1. The lowest BCUT2D eigenvalue weighted by Crippen LogP contribution is -2.60. The molecular formula is C15H18N2O2. The number of amides is 3. The summed E-state index contributed by atoms with van der Waals surface area (Å²) in [6.45, 7) is 2.79. The van der Waals surface area contributed by atoms with Gasteiger partial charge in [0.2, 0.25) is 5.91 Å². The van der Waals surface area contributed by atoms with Gasteiger partial charge in [-0.25, -0.2) is 4.79 Å². The second-order valence-electron chi connectivity index (χ2n) is 5.44. The number of imide groups is 1. The fraction of sp³-hybridized carbons (Fsp3) is 0.467. The molecule has 0 radical (unpaired) electrons. The molecule has 2 aliphatic rings. The van der Waals surface area contributed by atoms with Crippen molar-refractivity contribution in [1.29, 1.82) is 0 Å². The average molecular weight is 258 g/mol. The van der Waals surface area contributed by atoms with Gasteiger partial charge < -0.3 is 4.90 Å². The van der Waals surface area contributed by atoms with Crippen molar-refractivity contribution in [3.05, 3.63) is 35.4 Å². The molecule has 0 aromatic heterocycles. The highest BCUT2D eigenvalue weighted by Crippen LogP contribution is 2.33. The summed E-state index contributed by atoms with van der Waals surface area (Å²) in [6, 6.07) is 7.85. The Morgan fingerprint density at radius 3 is 2.63 bits per heavy atom. The van der Waals surface area contributed by atoms with E-state index < -0.39 is 0 Å². The smallest absolute Gasteiger partial charge is 0.320 e. The Balaban J connectivity index is 1.95. The van der Waals surface area contributed by atoms with E-state index in [4.69, 9.17) is 0 Å².